The Kier molecular flexibility index (Phi) is 3.92. The van der Waals surface area contributed by atoms with Gasteiger partial charge in [0.1, 0.15) is 0 Å². The van der Waals surface area contributed by atoms with Gasteiger partial charge in [0.2, 0.25) is 0 Å². The molecule has 1 heterocycles. The van der Waals surface area contributed by atoms with Gasteiger partial charge in [-0.3, -0.25) is 4.90 Å². The summed E-state index contributed by atoms with van der Waals surface area (Å²) >= 11 is 0. The van der Waals surface area contributed by atoms with Gasteiger partial charge in [0.15, 0.2) is 0 Å². The van der Waals surface area contributed by atoms with E-state index < -0.39 is 0 Å². The van der Waals surface area contributed by atoms with Crippen molar-refractivity contribution in [2.75, 3.05) is 13.1 Å². The molecule has 1 spiro atoms. The van der Waals surface area contributed by atoms with Gasteiger partial charge in [-0.2, -0.15) is 0 Å². The third-order valence-electron chi connectivity index (χ3n) is 6.20. The first-order chi connectivity index (χ1) is 9.10. The third kappa shape index (κ3) is 2.71. The van der Waals surface area contributed by atoms with Crippen LogP contribution in [0.25, 0.3) is 0 Å². The second-order valence-corrected chi connectivity index (χ2v) is 7.85. The maximum Gasteiger partial charge on any atom is 0.0309 e. The molecule has 0 amide bonds. The second kappa shape index (κ2) is 5.37. The van der Waals surface area contributed by atoms with Crippen LogP contribution < -0.4 is 5.32 Å². The molecular formula is C17H32N2. The molecule has 1 aliphatic heterocycles. The van der Waals surface area contributed by atoms with Crippen LogP contribution in [0.4, 0.5) is 0 Å². The topological polar surface area (TPSA) is 15.3 Å². The Balaban J connectivity index is 1.71. The molecule has 3 aliphatic rings. The van der Waals surface area contributed by atoms with E-state index in [1.54, 1.807) is 0 Å². The lowest BCUT2D eigenvalue weighted by Crippen LogP contribution is -2.65. The van der Waals surface area contributed by atoms with Gasteiger partial charge in [0.05, 0.1) is 0 Å². The molecule has 2 heteroatoms. The monoisotopic (exact) mass is 264 g/mol. The zero-order valence-corrected chi connectivity index (χ0v) is 13.1. The molecule has 2 aliphatic carbocycles. The van der Waals surface area contributed by atoms with Crippen molar-refractivity contribution in [3.05, 3.63) is 0 Å². The molecule has 0 aromatic rings. The predicted octanol–water partition coefficient (Wildman–Crippen LogP) is 3.42. The van der Waals surface area contributed by atoms with Gasteiger partial charge in [-0.1, -0.05) is 26.7 Å². The van der Waals surface area contributed by atoms with E-state index in [0.29, 0.717) is 5.54 Å². The first kappa shape index (κ1) is 13.9. The van der Waals surface area contributed by atoms with Crippen LogP contribution in [0.5, 0.6) is 0 Å². The van der Waals surface area contributed by atoms with Crippen LogP contribution in [-0.4, -0.2) is 35.6 Å². The van der Waals surface area contributed by atoms with E-state index >= 15 is 0 Å². The Morgan fingerprint density at radius 1 is 1.05 bits per heavy atom. The number of rotatable bonds is 1. The summed E-state index contributed by atoms with van der Waals surface area (Å²) in [7, 11) is 0. The Hall–Kier alpha value is -0.0800. The fraction of sp³-hybridized carbons (Fsp3) is 1.00. The zero-order valence-electron chi connectivity index (χ0n) is 13.1. The van der Waals surface area contributed by atoms with Gasteiger partial charge < -0.3 is 5.32 Å². The minimum absolute atomic E-state index is 0.481. The molecule has 4 unspecified atom stereocenters. The lowest BCUT2D eigenvalue weighted by Gasteiger charge is -2.51. The highest BCUT2D eigenvalue weighted by Gasteiger charge is 2.43. The summed E-state index contributed by atoms with van der Waals surface area (Å²) in [5.41, 5.74) is 0.481. The van der Waals surface area contributed by atoms with Gasteiger partial charge in [-0.15, -0.1) is 0 Å². The summed E-state index contributed by atoms with van der Waals surface area (Å²) in [6.45, 7) is 9.89. The van der Waals surface area contributed by atoms with Crippen LogP contribution in [0.1, 0.15) is 65.7 Å². The molecule has 0 bridgehead atoms. The van der Waals surface area contributed by atoms with Crippen molar-refractivity contribution < 1.29 is 0 Å². The van der Waals surface area contributed by atoms with E-state index in [2.05, 4.69) is 31.0 Å². The molecule has 0 aromatic carbocycles. The Bertz CT molecular complexity index is 308. The first-order valence-corrected chi connectivity index (χ1v) is 8.60. The summed E-state index contributed by atoms with van der Waals surface area (Å²) in [6.07, 6.45) is 10.0. The maximum absolute atomic E-state index is 3.90. The molecule has 19 heavy (non-hydrogen) atoms. The van der Waals surface area contributed by atoms with Crippen molar-refractivity contribution in [1.82, 2.24) is 10.2 Å². The maximum atomic E-state index is 3.90. The van der Waals surface area contributed by atoms with Gasteiger partial charge in [0.25, 0.3) is 0 Å². The van der Waals surface area contributed by atoms with Crippen LogP contribution >= 0.6 is 0 Å². The van der Waals surface area contributed by atoms with E-state index in [9.17, 15) is 0 Å². The van der Waals surface area contributed by atoms with Crippen LogP contribution in [0.2, 0.25) is 0 Å². The van der Waals surface area contributed by atoms with Crippen molar-refractivity contribution in [2.24, 2.45) is 11.8 Å². The third-order valence-corrected chi connectivity index (χ3v) is 6.20. The highest BCUT2D eigenvalue weighted by Crippen LogP contribution is 2.38. The van der Waals surface area contributed by atoms with Crippen LogP contribution in [0.3, 0.4) is 0 Å². The molecule has 110 valence electrons. The molecule has 1 saturated heterocycles. The number of piperazine rings is 1. The van der Waals surface area contributed by atoms with E-state index in [1.807, 2.05) is 0 Å². The quantitative estimate of drug-likeness (QED) is 0.781. The van der Waals surface area contributed by atoms with Crippen molar-refractivity contribution in [3.8, 4) is 0 Å². The molecule has 4 atom stereocenters. The van der Waals surface area contributed by atoms with E-state index in [4.69, 9.17) is 0 Å². The lowest BCUT2D eigenvalue weighted by molar-refractivity contribution is 0.00677. The van der Waals surface area contributed by atoms with Crippen LogP contribution in [-0.2, 0) is 0 Å². The normalized spacial score (nSPS) is 43.7. The van der Waals surface area contributed by atoms with E-state index in [-0.39, 0.29) is 0 Å². The van der Waals surface area contributed by atoms with Gasteiger partial charge >= 0.3 is 0 Å². The van der Waals surface area contributed by atoms with E-state index in [1.165, 1.54) is 58.0 Å². The van der Waals surface area contributed by atoms with Crippen molar-refractivity contribution in [2.45, 2.75) is 83.3 Å². The molecular weight excluding hydrogens is 232 g/mol. The van der Waals surface area contributed by atoms with Gasteiger partial charge in [0, 0.05) is 30.7 Å². The van der Waals surface area contributed by atoms with Gasteiger partial charge in [-0.25, -0.2) is 0 Å². The van der Waals surface area contributed by atoms with Crippen LogP contribution in [0.15, 0.2) is 0 Å². The van der Waals surface area contributed by atoms with Crippen molar-refractivity contribution >= 4 is 0 Å². The Morgan fingerprint density at radius 2 is 1.79 bits per heavy atom. The average Bonchev–Trinajstić information content (AvgIpc) is 2.82. The number of nitrogens with one attached hydrogen (secondary N) is 1. The summed E-state index contributed by atoms with van der Waals surface area (Å²) in [4.78, 5) is 2.89. The molecule has 0 aromatic heterocycles. The molecule has 1 N–H and O–H groups in total. The fourth-order valence-corrected chi connectivity index (χ4v) is 5.02. The van der Waals surface area contributed by atoms with Crippen LogP contribution in [0, 0.1) is 11.8 Å². The first-order valence-electron chi connectivity index (χ1n) is 8.60. The zero-order chi connectivity index (χ0) is 13.5. The molecule has 0 radical (unpaired) electrons. The number of hydrogen-bond acceptors (Lipinski definition) is 2. The summed E-state index contributed by atoms with van der Waals surface area (Å²) < 4.78 is 0. The Morgan fingerprint density at radius 3 is 2.47 bits per heavy atom. The summed E-state index contributed by atoms with van der Waals surface area (Å²) in [5.74, 6) is 1.84. The summed E-state index contributed by atoms with van der Waals surface area (Å²) in [6, 6.07) is 1.58. The summed E-state index contributed by atoms with van der Waals surface area (Å²) in [5, 5.41) is 3.90. The lowest BCUT2D eigenvalue weighted by atomic mass is 9.77. The molecule has 3 fully saturated rings. The number of hydrogen-bond donors (Lipinski definition) is 1. The van der Waals surface area contributed by atoms with Crippen molar-refractivity contribution in [1.29, 1.82) is 0 Å². The SMILES string of the molecule is CC1CCC(N2CC3(CCCC3)NCC2C)C(C)C1. The highest BCUT2D eigenvalue weighted by atomic mass is 15.3. The molecule has 3 rings (SSSR count). The highest BCUT2D eigenvalue weighted by molar-refractivity contribution is 5.02. The molecule has 2 saturated carbocycles. The number of nitrogens with zero attached hydrogens (tertiary/aromatic N) is 1. The van der Waals surface area contributed by atoms with Crippen molar-refractivity contribution in [3.63, 3.8) is 0 Å². The minimum atomic E-state index is 0.481. The predicted molar refractivity (Wildman–Crippen MR) is 81.3 cm³/mol. The molecule has 2 nitrogen and oxygen atoms in total. The standard InChI is InChI=1S/C17H32N2/c1-13-6-7-16(14(2)10-13)19-12-17(8-4-5-9-17)18-11-15(19)3/h13-16,18H,4-12H2,1-3H3. The van der Waals surface area contributed by atoms with E-state index in [0.717, 1.165) is 23.9 Å². The minimum Gasteiger partial charge on any atom is -0.308 e. The largest absolute Gasteiger partial charge is 0.308 e. The Labute approximate surface area is 119 Å². The average molecular weight is 264 g/mol. The van der Waals surface area contributed by atoms with Gasteiger partial charge in [-0.05, 0) is 50.9 Å². The fourth-order valence-electron chi connectivity index (χ4n) is 5.02. The second-order valence-electron chi connectivity index (χ2n) is 7.85. The smallest absolute Gasteiger partial charge is 0.0309 e.